The molecule has 2 aromatic rings. The molecule has 3 N–H and O–H groups in total. The number of anilines is 1. The smallest absolute Gasteiger partial charge is 0.342 e. The standard InChI is InChI=1S/C13H13N3O6S/c1-2-22-13(19)10-7-14-15-11(10)23(20,21)16-9-5-3-8(4-6-9)12(17)18/h3-7,16H,2H2,1H3,(H,14,15)(H,17,18). The van der Waals surface area contributed by atoms with Crippen LogP contribution in [0.4, 0.5) is 5.69 Å². The largest absolute Gasteiger partial charge is 0.478 e. The third-order valence-corrected chi connectivity index (χ3v) is 4.11. The van der Waals surface area contributed by atoms with Gasteiger partial charge in [0.15, 0.2) is 5.03 Å². The molecule has 0 atom stereocenters. The lowest BCUT2D eigenvalue weighted by Gasteiger charge is -2.08. The van der Waals surface area contributed by atoms with Gasteiger partial charge >= 0.3 is 11.9 Å². The average Bonchev–Trinajstić information content (AvgIpc) is 2.98. The molecule has 0 aliphatic rings. The van der Waals surface area contributed by atoms with Gasteiger partial charge in [-0.15, -0.1) is 0 Å². The lowest BCUT2D eigenvalue weighted by atomic mass is 10.2. The van der Waals surface area contributed by atoms with Gasteiger partial charge < -0.3 is 9.84 Å². The number of sulfonamides is 1. The van der Waals surface area contributed by atoms with Gasteiger partial charge in [0.25, 0.3) is 10.0 Å². The first-order valence-corrected chi connectivity index (χ1v) is 7.90. The summed E-state index contributed by atoms with van der Waals surface area (Å²) in [6.45, 7) is 1.68. The number of ether oxygens (including phenoxy) is 1. The van der Waals surface area contributed by atoms with Crippen molar-refractivity contribution in [3.8, 4) is 0 Å². The van der Waals surface area contributed by atoms with Gasteiger partial charge in [0.2, 0.25) is 0 Å². The van der Waals surface area contributed by atoms with Crippen LogP contribution in [-0.2, 0) is 14.8 Å². The summed E-state index contributed by atoms with van der Waals surface area (Å²) >= 11 is 0. The van der Waals surface area contributed by atoms with Crippen LogP contribution in [0.1, 0.15) is 27.6 Å². The number of carbonyl (C=O) groups is 2. The minimum Gasteiger partial charge on any atom is -0.478 e. The number of carbonyl (C=O) groups excluding carboxylic acids is 1. The molecule has 9 nitrogen and oxygen atoms in total. The molecule has 0 unspecified atom stereocenters. The van der Waals surface area contributed by atoms with Crippen molar-refractivity contribution in [2.24, 2.45) is 0 Å². The van der Waals surface area contributed by atoms with Gasteiger partial charge in [-0.2, -0.15) is 13.5 Å². The van der Waals surface area contributed by atoms with Gasteiger partial charge in [0.1, 0.15) is 5.56 Å². The van der Waals surface area contributed by atoms with E-state index in [1.165, 1.54) is 24.3 Å². The Balaban J connectivity index is 2.27. The number of esters is 1. The fraction of sp³-hybridized carbons (Fsp3) is 0.154. The quantitative estimate of drug-likeness (QED) is 0.669. The third-order valence-electron chi connectivity index (χ3n) is 2.75. The van der Waals surface area contributed by atoms with E-state index in [0.29, 0.717) is 0 Å². The van der Waals surface area contributed by atoms with Gasteiger partial charge in [-0.25, -0.2) is 9.59 Å². The maximum absolute atomic E-state index is 12.3. The fourth-order valence-corrected chi connectivity index (χ4v) is 2.87. The maximum atomic E-state index is 12.3. The summed E-state index contributed by atoms with van der Waals surface area (Å²) in [5.41, 5.74) is -0.0670. The van der Waals surface area contributed by atoms with Crippen LogP contribution in [0.2, 0.25) is 0 Å². The average molecular weight is 339 g/mol. The number of carboxylic acid groups (broad SMARTS) is 1. The number of nitrogens with one attached hydrogen (secondary N) is 2. The van der Waals surface area contributed by atoms with Crippen LogP contribution >= 0.6 is 0 Å². The summed E-state index contributed by atoms with van der Waals surface area (Å²) in [6, 6.07) is 5.08. The summed E-state index contributed by atoms with van der Waals surface area (Å²) in [5.74, 6) is -1.94. The molecule has 0 saturated carbocycles. The van der Waals surface area contributed by atoms with Gasteiger partial charge in [-0.05, 0) is 31.2 Å². The van der Waals surface area contributed by atoms with Crippen molar-refractivity contribution < 1.29 is 27.9 Å². The first kappa shape index (κ1) is 16.5. The number of benzene rings is 1. The molecule has 122 valence electrons. The normalized spacial score (nSPS) is 11.0. The third kappa shape index (κ3) is 3.66. The van der Waals surface area contributed by atoms with Crippen LogP contribution in [0.15, 0.2) is 35.5 Å². The topological polar surface area (TPSA) is 138 Å². The van der Waals surface area contributed by atoms with Crippen molar-refractivity contribution in [1.29, 1.82) is 0 Å². The predicted molar refractivity (Wildman–Crippen MR) is 78.8 cm³/mol. The number of aromatic amines is 1. The zero-order valence-corrected chi connectivity index (χ0v) is 12.8. The second-order valence-corrected chi connectivity index (χ2v) is 5.94. The molecule has 0 aliphatic heterocycles. The van der Waals surface area contributed by atoms with Gasteiger partial charge in [0, 0.05) is 5.69 Å². The molecule has 1 aromatic heterocycles. The van der Waals surface area contributed by atoms with E-state index >= 15 is 0 Å². The van der Waals surface area contributed by atoms with E-state index in [9.17, 15) is 18.0 Å². The summed E-state index contributed by atoms with van der Waals surface area (Å²) in [6.07, 6.45) is 1.06. The molecule has 0 fully saturated rings. The number of aromatic nitrogens is 2. The van der Waals surface area contributed by atoms with Gasteiger partial charge in [-0.1, -0.05) is 0 Å². The molecular weight excluding hydrogens is 326 g/mol. The Morgan fingerprint density at radius 1 is 1.30 bits per heavy atom. The molecular formula is C13H13N3O6S. The summed E-state index contributed by atoms with van der Waals surface area (Å²) < 4.78 is 31.6. The van der Waals surface area contributed by atoms with Crippen LogP contribution in [0.3, 0.4) is 0 Å². The van der Waals surface area contributed by atoms with E-state index in [1.807, 2.05) is 0 Å². The first-order valence-electron chi connectivity index (χ1n) is 6.42. The van der Waals surface area contributed by atoms with E-state index in [2.05, 4.69) is 14.9 Å². The zero-order chi connectivity index (χ0) is 17.0. The zero-order valence-electron chi connectivity index (χ0n) is 11.9. The van der Waals surface area contributed by atoms with E-state index in [0.717, 1.165) is 6.20 Å². The molecule has 23 heavy (non-hydrogen) atoms. The highest BCUT2D eigenvalue weighted by atomic mass is 32.2. The molecule has 0 amide bonds. The van der Waals surface area contributed by atoms with Crippen LogP contribution in [0, 0.1) is 0 Å². The van der Waals surface area contributed by atoms with E-state index in [1.54, 1.807) is 6.92 Å². The Hall–Kier alpha value is -2.88. The Morgan fingerprint density at radius 2 is 1.96 bits per heavy atom. The second kappa shape index (κ2) is 6.48. The maximum Gasteiger partial charge on any atom is 0.342 e. The molecule has 0 aliphatic carbocycles. The van der Waals surface area contributed by atoms with Crippen molar-refractivity contribution in [3.05, 3.63) is 41.6 Å². The number of hydrogen-bond donors (Lipinski definition) is 3. The van der Waals surface area contributed by atoms with Crippen molar-refractivity contribution in [2.45, 2.75) is 11.9 Å². The monoisotopic (exact) mass is 339 g/mol. The van der Waals surface area contributed by atoms with E-state index < -0.39 is 27.0 Å². The van der Waals surface area contributed by atoms with Gasteiger partial charge in [0.05, 0.1) is 18.4 Å². The number of hydrogen-bond acceptors (Lipinski definition) is 6. The van der Waals surface area contributed by atoms with Crippen molar-refractivity contribution in [3.63, 3.8) is 0 Å². The Morgan fingerprint density at radius 3 is 2.52 bits per heavy atom. The number of aromatic carboxylic acids is 1. The van der Waals surface area contributed by atoms with E-state index in [-0.39, 0.29) is 23.4 Å². The van der Waals surface area contributed by atoms with Crippen molar-refractivity contribution in [1.82, 2.24) is 10.2 Å². The highest BCUT2D eigenvalue weighted by Crippen LogP contribution is 2.18. The molecule has 0 saturated heterocycles. The van der Waals surface area contributed by atoms with Crippen LogP contribution < -0.4 is 4.72 Å². The second-order valence-electron chi connectivity index (χ2n) is 4.32. The molecule has 0 radical (unpaired) electrons. The van der Waals surface area contributed by atoms with E-state index in [4.69, 9.17) is 9.84 Å². The number of H-pyrrole nitrogens is 1. The summed E-state index contributed by atoms with van der Waals surface area (Å²) in [5, 5.41) is 14.2. The Labute approximate surface area is 131 Å². The SMILES string of the molecule is CCOC(=O)c1cn[nH]c1S(=O)(=O)Nc1ccc(C(=O)O)cc1. The minimum absolute atomic E-state index is 0.0155. The van der Waals surface area contributed by atoms with Gasteiger partial charge in [-0.3, -0.25) is 9.82 Å². The van der Waals surface area contributed by atoms with Crippen molar-refractivity contribution >= 4 is 27.6 Å². The Bertz CT molecular complexity index is 826. The molecule has 2 rings (SSSR count). The molecule has 10 heteroatoms. The lowest BCUT2D eigenvalue weighted by molar-refractivity contribution is 0.0521. The number of nitrogens with zero attached hydrogens (tertiary/aromatic N) is 1. The van der Waals surface area contributed by atoms with Crippen LogP contribution in [0.5, 0.6) is 0 Å². The predicted octanol–water partition coefficient (Wildman–Crippen LogP) is 1.09. The summed E-state index contributed by atoms with van der Waals surface area (Å²) in [7, 11) is -4.11. The molecule has 1 aromatic carbocycles. The van der Waals surface area contributed by atoms with Crippen LogP contribution in [0.25, 0.3) is 0 Å². The summed E-state index contributed by atoms with van der Waals surface area (Å²) in [4.78, 5) is 22.5. The molecule has 0 spiro atoms. The lowest BCUT2D eigenvalue weighted by Crippen LogP contribution is -2.17. The number of rotatable bonds is 6. The molecule has 1 heterocycles. The minimum atomic E-state index is -4.11. The van der Waals surface area contributed by atoms with Crippen molar-refractivity contribution in [2.75, 3.05) is 11.3 Å². The first-order chi connectivity index (χ1) is 10.8. The van der Waals surface area contributed by atoms with Crippen LogP contribution in [-0.4, -0.2) is 42.3 Å². The Kier molecular flexibility index (Phi) is 4.65. The highest BCUT2D eigenvalue weighted by molar-refractivity contribution is 7.92. The highest BCUT2D eigenvalue weighted by Gasteiger charge is 2.26. The fourth-order valence-electron chi connectivity index (χ4n) is 1.72. The number of carboxylic acids is 1. The molecule has 0 bridgehead atoms.